The van der Waals surface area contributed by atoms with Crippen LogP contribution >= 0.6 is 11.3 Å². The number of ether oxygens (including phenoxy) is 1. The summed E-state index contributed by atoms with van der Waals surface area (Å²) in [6.45, 7) is 8.87. The summed E-state index contributed by atoms with van der Waals surface area (Å²) in [6, 6.07) is 3.96. The van der Waals surface area contributed by atoms with Crippen molar-refractivity contribution >= 4 is 23.0 Å². The molecule has 2 aromatic rings. The zero-order chi connectivity index (χ0) is 17.7. The van der Waals surface area contributed by atoms with Crippen LogP contribution in [0.3, 0.4) is 0 Å². The van der Waals surface area contributed by atoms with E-state index in [0.29, 0.717) is 11.4 Å². The van der Waals surface area contributed by atoms with Gasteiger partial charge in [-0.05, 0) is 39.8 Å². The van der Waals surface area contributed by atoms with Gasteiger partial charge in [0.1, 0.15) is 4.88 Å². The molecule has 2 aromatic heterocycles. The first-order valence-electron chi connectivity index (χ1n) is 7.78. The molecule has 0 aliphatic rings. The molecule has 5 nitrogen and oxygen atoms in total. The van der Waals surface area contributed by atoms with E-state index in [4.69, 9.17) is 4.74 Å². The number of aromatic nitrogens is 2. The number of carbonyl (C=O) groups excluding carboxylic acids is 1. The predicted octanol–water partition coefficient (Wildman–Crippen LogP) is 3.80. The van der Waals surface area contributed by atoms with Crippen LogP contribution in [0, 0.1) is 17.3 Å². The minimum Gasteiger partial charge on any atom is -0.465 e. The van der Waals surface area contributed by atoms with Crippen LogP contribution in [0.15, 0.2) is 24.5 Å². The number of rotatable bonds is 5. The van der Waals surface area contributed by atoms with Gasteiger partial charge in [-0.25, -0.2) is 4.79 Å². The molecule has 1 unspecified atom stereocenters. The molecule has 0 aliphatic carbocycles. The highest BCUT2D eigenvalue weighted by molar-refractivity contribution is 7.15. The largest absolute Gasteiger partial charge is 0.465 e. The van der Waals surface area contributed by atoms with Crippen molar-refractivity contribution in [3.63, 3.8) is 0 Å². The van der Waals surface area contributed by atoms with Crippen molar-refractivity contribution in [2.45, 2.75) is 33.7 Å². The maximum atomic E-state index is 12.0. The van der Waals surface area contributed by atoms with Crippen molar-refractivity contribution in [2.75, 3.05) is 19.0 Å². The molecule has 0 spiro atoms. The van der Waals surface area contributed by atoms with Gasteiger partial charge in [-0.15, -0.1) is 11.3 Å². The number of thiophene rings is 1. The summed E-state index contributed by atoms with van der Waals surface area (Å²) >= 11 is 1.35. The SMILES string of the molecule is COC(=O)c1sc(C#CC(C)(C)C)cc1NCC(C)n1cccn1. The molecule has 0 amide bonds. The fourth-order valence-electron chi connectivity index (χ4n) is 1.97. The molecule has 6 heteroatoms. The molecule has 24 heavy (non-hydrogen) atoms. The highest BCUT2D eigenvalue weighted by atomic mass is 32.1. The molecule has 1 N–H and O–H groups in total. The average molecular weight is 345 g/mol. The van der Waals surface area contributed by atoms with E-state index in [0.717, 1.165) is 10.6 Å². The third kappa shape index (κ3) is 4.87. The highest BCUT2D eigenvalue weighted by Gasteiger charge is 2.17. The van der Waals surface area contributed by atoms with Crippen LogP contribution in [0.2, 0.25) is 0 Å². The van der Waals surface area contributed by atoms with Crippen LogP contribution in [-0.2, 0) is 4.74 Å². The number of esters is 1. The number of carbonyl (C=O) groups is 1. The van der Waals surface area contributed by atoms with Gasteiger partial charge in [0.25, 0.3) is 0 Å². The summed E-state index contributed by atoms with van der Waals surface area (Å²) in [5.41, 5.74) is 0.668. The van der Waals surface area contributed by atoms with Gasteiger partial charge in [-0.1, -0.05) is 11.8 Å². The van der Waals surface area contributed by atoms with Crippen molar-refractivity contribution in [3.05, 3.63) is 34.3 Å². The minimum atomic E-state index is -0.349. The summed E-state index contributed by atoms with van der Waals surface area (Å²) in [7, 11) is 1.39. The molecule has 0 radical (unpaired) electrons. The number of hydrogen-bond donors (Lipinski definition) is 1. The molecule has 0 aliphatic heterocycles. The molecule has 0 saturated carbocycles. The first-order chi connectivity index (χ1) is 11.3. The van der Waals surface area contributed by atoms with Crippen molar-refractivity contribution in [2.24, 2.45) is 5.41 Å². The fourth-order valence-corrected chi connectivity index (χ4v) is 2.88. The highest BCUT2D eigenvalue weighted by Crippen LogP contribution is 2.28. The third-order valence-corrected chi connectivity index (χ3v) is 4.26. The van der Waals surface area contributed by atoms with Crippen LogP contribution in [0.4, 0.5) is 5.69 Å². The normalized spacial score (nSPS) is 12.2. The van der Waals surface area contributed by atoms with E-state index in [-0.39, 0.29) is 17.4 Å². The smallest absolute Gasteiger partial charge is 0.350 e. The second kappa shape index (κ2) is 7.54. The van der Waals surface area contributed by atoms with Crippen LogP contribution in [0.25, 0.3) is 0 Å². The van der Waals surface area contributed by atoms with Gasteiger partial charge in [0.05, 0.1) is 23.7 Å². The number of nitrogens with one attached hydrogen (secondary N) is 1. The Morgan fingerprint density at radius 3 is 2.83 bits per heavy atom. The minimum absolute atomic E-state index is 0.0857. The molecule has 0 saturated heterocycles. The molecular formula is C18H23N3O2S. The Kier molecular flexibility index (Phi) is 5.68. The van der Waals surface area contributed by atoms with E-state index in [1.807, 2.05) is 23.0 Å². The van der Waals surface area contributed by atoms with E-state index in [1.54, 1.807) is 6.20 Å². The first-order valence-corrected chi connectivity index (χ1v) is 8.60. The van der Waals surface area contributed by atoms with Crippen LogP contribution < -0.4 is 5.32 Å². The van der Waals surface area contributed by atoms with Gasteiger partial charge in [0, 0.05) is 24.4 Å². The molecule has 0 bridgehead atoms. The first kappa shape index (κ1) is 18.1. The average Bonchev–Trinajstić information content (AvgIpc) is 3.18. The van der Waals surface area contributed by atoms with Gasteiger partial charge < -0.3 is 10.1 Å². The maximum absolute atomic E-state index is 12.0. The lowest BCUT2D eigenvalue weighted by atomic mass is 9.98. The molecule has 2 heterocycles. The Morgan fingerprint density at radius 1 is 1.50 bits per heavy atom. The van der Waals surface area contributed by atoms with Crippen LogP contribution in [0.1, 0.15) is 48.3 Å². The maximum Gasteiger partial charge on any atom is 0.350 e. The summed E-state index contributed by atoms with van der Waals surface area (Å²) in [5, 5.41) is 7.54. The third-order valence-electron chi connectivity index (χ3n) is 3.23. The second-order valence-corrected chi connectivity index (χ2v) is 7.61. The molecular weight excluding hydrogens is 322 g/mol. The quantitative estimate of drug-likeness (QED) is 0.661. The summed E-state index contributed by atoms with van der Waals surface area (Å²) in [6.07, 6.45) is 3.67. The Labute approximate surface area is 147 Å². The lowest BCUT2D eigenvalue weighted by Gasteiger charge is -2.14. The van der Waals surface area contributed by atoms with Crippen LogP contribution in [-0.4, -0.2) is 29.4 Å². The molecule has 0 fully saturated rings. The zero-order valence-corrected chi connectivity index (χ0v) is 15.5. The van der Waals surface area contributed by atoms with Gasteiger partial charge in [0.15, 0.2) is 0 Å². The summed E-state index contributed by atoms with van der Waals surface area (Å²) < 4.78 is 6.75. The van der Waals surface area contributed by atoms with Crippen molar-refractivity contribution in [1.82, 2.24) is 9.78 Å². The lowest BCUT2D eigenvalue weighted by Crippen LogP contribution is -2.17. The summed E-state index contributed by atoms with van der Waals surface area (Å²) in [5.74, 6) is 5.98. The number of anilines is 1. The van der Waals surface area contributed by atoms with Crippen molar-refractivity contribution in [3.8, 4) is 11.8 Å². The van der Waals surface area contributed by atoms with Crippen molar-refractivity contribution < 1.29 is 9.53 Å². The van der Waals surface area contributed by atoms with Gasteiger partial charge in [-0.3, -0.25) is 4.68 Å². The fraction of sp³-hybridized carbons (Fsp3) is 0.444. The van der Waals surface area contributed by atoms with E-state index in [1.165, 1.54) is 18.4 Å². The van der Waals surface area contributed by atoms with Crippen molar-refractivity contribution in [1.29, 1.82) is 0 Å². The number of hydrogen-bond acceptors (Lipinski definition) is 5. The lowest BCUT2D eigenvalue weighted by molar-refractivity contribution is 0.0607. The summed E-state index contributed by atoms with van der Waals surface area (Å²) in [4.78, 5) is 13.4. The Balaban J connectivity index is 2.18. The Morgan fingerprint density at radius 2 is 2.25 bits per heavy atom. The van der Waals surface area contributed by atoms with E-state index < -0.39 is 0 Å². The second-order valence-electron chi connectivity index (χ2n) is 6.56. The van der Waals surface area contributed by atoms with E-state index in [9.17, 15) is 4.79 Å². The molecule has 0 aromatic carbocycles. The van der Waals surface area contributed by atoms with Gasteiger partial charge in [0.2, 0.25) is 0 Å². The van der Waals surface area contributed by atoms with Crippen LogP contribution in [0.5, 0.6) is 0 Å². The molecule has 2 rings (SSSR count). The van der Waals surface area contributed by atoms with Gasteiger partial charge >= 0.3 is 5.97 Å². The van der Waals surface area contributed by atoms with Gasteiger partial charge in [-0.2, -0.15) is 5.10 Å². The standard InChI is InChI=1S/C18H23N3O2S/c1-13(21-10-6-9-20-21)12-19-15-11-14(7-8-18(2,3)4)24-16(15)17(22)23-5/h6,9-11,13,19H,12H2,1-5H3. The molecule has 128 valence electrons. The number of methoxy groups -OCH3 is 1. The Bertz CT molecular complexity index is 746. The Hall–Kier alpha value is -2.26. The monoisotopic (exact) mass is 345 g/mol. The molecule has 1 atom stereocenters. The zero-order valence-electron chi connectivity index (χ0n) is 14.7. The predicted molar refractivity (Wildman–Crippen MR) is 97.4 cm³/mol. The van der Waals surface area contributed by atoms with E-state index in [2.05, 4.69) is 50.0 Å². The topological polar surface area (TPSA) is 56.1 Å². The number of nitrogens with zero attached hydrogens (tertiary/aromatic N) is 2. The van der Waals surface area contributed by atoms with E-state index >= 15 is 0 Å².